The lowest BCUT2D eigenvalue weighted by atomic mass is 10.0. The summed E-state index contributed by atoms with van der Waals surface area (Å²) in [5, 5.41) is 3.11. The zero-order chi connectivity index (χ0) is 17.6. The van der Waals surface area contributed by atoms with Gasteiger partial charge in [0.15, 0.2) is 11.5 Å². The molecule has 1 unspecified atom stereocenters. The molecule has 0 saturated carbocycles. The van der Waals surface area contributed by atoms with E-state index in [1.807, 2.05) is 18.2 Å². The van der Waals surface area contributed by atoms with Crippen LogP contribution in [0.15, 0.2) is 18.2 Å². The number of fused-ring (bicyclic) bond motifs is 1. The monoisotopic (exact) mass is 348 g/mol. The van der Waals surface area contributed by atoms with E-state index in [0.717, 1.165) is 49.8 Å². The molecule has 0 radical (unpaired) electrons. The summed E-state index contributed by atoms with van der Waals surface area (Å²) in [5.41, 5.74) is 0.938. The number of amides is 1. The minimum absolute atomic E-state index is 0.0425. The second kappa shape index (κ2) is 8.54. The zero-order valence-corrected chi connectivity index (χ0v) is 15.1. The van der Waals surface area contributed by atoms with Crippen molar-refractivity contribution in [2.75, 3.05) is 39.6 Å². The lowest BCUT2D eigenvalue weighted by Crippen LogP contribution is -2.49. The molecule has 0 bridgehead atoms. The summed E-state index contributed by atoms with van der Waals surface area (Å²) < 4.78 is 16.1. The molecule has 1 atom stereocenters. The van der Waals surface area contributed by atoms with E-state index in [1.54, 1.807) is 0 Å². The van der Waals surface area contributed by atoms with E-state index >= 15 is 0 Å². The molecule has 138 valence electrons. The first-order chi connectivity index (χ1) is 12.1. The van der Waals surface area contributed by atoms with E-state index in [1.165, 1.54) is 0 Å². The molecule has 6 nitrogen and oxygen atoms in total. The number of carbonyl (C=O) groups is 1. The number of nitrogens with zero attached hydrogens (tertiary/aromatic N) is 1. The predicted molar refractivity (Wildman–Crippen MR) is 94.9 cm³/mol. The smallest absolute Gasteiger partial charge is 0.231 e. The van der Waals surface area contributed by atoms with Gasteiger partial charge in [-0.3, -0.25) is 9.69 Å². The van der Waals surface area contributed by atoms with Gasteiger partial charge in [-0.25, -0.2) is 0 Å². The van der Waals surface area contributed by atoms with Crippen LogP contribution < -0.4 is 14.8 Å². The van der Waals surface area contributed by atoms with E-state index in [0.29, 0.717) is 24.9 Å². The summed E-state index contributed by atoms with van der Waals surface area (Å²) in [6.45, 7) is 8.82. The first-order valence-corrected chi connectivity index (χ1v) is 9.09. The van der Waals surface area contributed by atoms with Crippen LogP contribution in [0.5, 0.6) is 11.5 Å². The SMILES string of the molecule is CC(C)CC(CNC(=O)Cc1ccc2c(c1)OCO2)N1CCOCC1. The normalized spacial score (nSPS) is 18.4. The van der Waals surface area contributed by atoms with Crippen LogP contribution in [0.1, 0.15) is 25.8 Å². The van der Waals surface area contributed by atoms with Gasteiger partial charge in [-0.1, -0.05) is 19.9 Å². The standard InChI is InChI=1S/C19H28N2O4/c1-14(2)9-16(21-5-7-23-8-6-21)12-20-19(22)11-15-3-4-17-18(10-15)25-13-24-17/h3-4,10,14,16H,5-9,11-13H2,1-2H3,(H,20,22). The molecule has 1 fully saturated rings. The van der Waals surface area contributed by atoms with Crippen molar-refractivity contribution >= 4 is 5.91 Å². The Kier molecular flexibility index (Phi) is 6.15. The molecule has 0 spiro atoms. The highest BCUT2D eigenvalue weighted by atomic mass is 16.7. The number of rotatable bonds is 7. The molecule has 25 heavy (non-hydrogen) atoms. The number of morpholine rings is 1. The van der Waals surface area contributed by atoms with Crippen LogP contribution in [-0.2, 0) is 16.0 Å². The van der Waals surface area contributed by atoms with Crippen LogP contribution in [0, 0.1) is 5.92 Å². The van der Waals surface area contributed by atoms with Crippen molar-refractivity contribution in [2.45, 2.75) is 32.7 Å². The summed E-state index contributed by atoms with van der Waals surface area (Å²) in [6.07, 6.45) is 1.43. The van der Waals surface area contributed by atoms with Crippen molar-refractivity contribution in [3.63, 3.8) is 0 Å². The Morgan fingerprint density at radius 1 is 1.20 bits per heavy atom. The lowest BCUT2D eigenvalue weighted by Gasteiger charge is -2.35. The van der Waals surface area contributed by atoms with Gasteiger partial charge in [-0.2, -0.15) is 0 Å². The number of nitrogens with one attached hydrogen (secondary N) is 1. The van der Waals surface area contributed by atoms with Gasteiger partial charge in [0.25, 0.3) is 0 Å². The van der Waals surface area contributed by atoms with E-state index in [-0.39, 0.29) is 12.7 Å². The molecule has 2 heterocycles. The summed E-state index contributed by atoms with van der Waals surface area (Å²) >= 11 is 0. The Morgan fingerprint density at radius 2 is 1.96 bits per heavy atom. The highest BCUT2D eigenvalue weighted by Gasteiger charge is 2.22. The summed E-state index contributed by atoms with van der Waals surface area (Å²) in [6, 6.07) is 6.03. The maximum absolute atomic E-state index is 12.4. The van der Waals surface area contributed by atoms with E-state index in [4.69, 9.17) is 14.2 Å². The van der Waals surface area contributed by atoms with Gasteiger partial charge in [0.2, 0.25) is 12.7 Å². The maximum Gasteiger partial charge on any atom is 0.231 e. The molecular weight excluding hydrogens is 320 g/mol. The molecule has 1 aromatic carbocycles. The molecule has 1 saturated heterocycles. The van der Waals surface area contributed by atoms with Gasteiger partial charge in [-0.15, -0.1) is 0 Å². The molecule has 3 rings (SSSR count). The molecule has 1 aromatic rings. The van der Waals surface area contributed by atoms with Crippen LogP contribution in [0.3, 0.4) is 0 Å². The summed E-state index contributed by atoms with van der Waals surface area (Å²) in [4.78, 5) is 14.8. The van der Waals surface area contributed by atoms with Crippen molar-refractivity contribution in [3.05, 3.63) is 23.8 Å². The molecule has 2 aliphatic heterocycles. The molecule has 0 aliphatic carbocycles. The average molecular weight is 348 g/mol. The topological polar surface area (TPSA) is 60.0 Å². The van der Waals surface area contributed by atoms with E-state index in [9.17, 15) is 4.79 Å². The number of carbonyl (C=O) groups excluding carboxylic acids is 1. The van der Waals surface area contributed by atoms with Crippen LogP contribution in [0.25, 0.3) is 0 Å². The predicted octanol–water partition coefficient (Wildman–Crippen LogP) is 1.82. The van der Waals surface area contributed by atoms with Crippen molar-refractivity contribution in [1.29, 1.82) is 0 Å². The van der Waals surface area contributed by atoms with Gasteiger partial charge in [0.1, 0.15) is 0 Å². The van der Waals surface area contributed by atoms with E-state index in [2.05, 4.69) is 24.1 Å². The van der Waals surface area contributed by atoms with Crippen molar-refractivity contribution < 1.29 is 19.0 Å². The third-order valence-electron chi connectivity index (χ3n) is 4.64. The van der Waals surface area contributed by atoms with Crippen LogP contribution >= 0.6 is 0 Å². The third-order valence-corrected chi connectivity index (χ3v) is 4.64. The Morgan fingerprint density at radius 3 is 2.72 bits per heavy atom. The fraction of sp³-hybridized carbons (Fsp3) is 0.632. The summed E-state index contributed by atoms with van der Waals surface area (Å²) in [5.74, 6) is 2.10. The maximum atomic E-state index is 12.4. The second-order valence-corrected chi connectivity index (χ2v) is 7.10. The largest absolute Gasteiger partial charge is 0.454 e. The third kappa shape index (κ3) is 5.09. The van der Waals surface area contributed by atoms with Crippen LogP contribution in [-0.4, -0.2) is 56.5 Å². The number of benzene rings is 1. The Hall–Kier alpha value is -1.79. The van der Waals surface area contributed by atoms with Crippen LogP contribution in [0.4, 0.5) is 0 Å². The first-order valence-electron chi connectivity index (χ1n) is 9.09. The van der Waals surface area contributed by atoms with Crippen LogP contribution in [0.2, 0.25) is 0 Å². The van der Waals surface area contributed by atoms with Crippen molar-refractivity contribution in [1.82, 2.24) is 10.2 Å². The summed E-state index contributed by atoms with van der Waals surface area (Å²) in [7, 11) is 0. The quantitative estimate of drug-likeness (QED) is 0.814. The minimum atomic E-state index is 0.0425. The van der Waals surface area contributed by atoms with Crippen molar-refractivity contribution in [2.24, 2.45) is 5.92 Å². The Labute approximate surface area is 149 Å². The fourth-order valence-electron chi connectivity index (χ4n) is 3.38. The highest BCUT2D eigenvalue weighted by molar-refractivity contribution is 5.78. The van der Waals surface area contributed by atoms with Gasteiger partial charge in [-0.05, 0) is 30.0 Å². The van der Waals surface area contributed by atoms with Gasteiger partial charge in [0, 0.05) is 25.7 Å². The average Bonchev–Trinajstić information content (AvgIpc) is 3.07. The van der Waals surface area contributed by atoms with Gasteiger partial charge < -0.3 is 19.5 Å². The van der Waals surface area contributed by atoms with Gasteiger partial charge in [0.05, 0.1) is 19.6 Å². The molecular formula is C19H28N2O4. The van der Waals surface area contributed by atoms with Crippen molar-refractivity contribution in [3.8, 4) is 11.5 Å². The minimum Gasteiger partial charge on any atom is -0.454 e. The lowest BCUT2D eigenvalue weighted by molar-refractivity contribution is -0.120. The number of ether oxygens (including phenoxy) is 3. The molecule has 2 aliphatic rings. The zero-order valence-electron chi connectivity index (χ0n) is 15.1. The Bertz CT molecular complexity index is 585. The second-order valence-electron chi connectivity index (χ2n) is 7.10. The molecule has 1 N–H and O–H groups in total. The first kappa shape index (κ1) is 18.0. The van der Waals surface area contributed by atoms with E-state index < -0.39 is 0 Å². The highest BCUT2D eigenvalue weighted by Crippen LogP contribution is 2.32. The van der Waals surface area contributed by atoms with Gasteiger partial charge >= 0.3 is 0 Å². The molecule has 1 amide bonds. The number of hydrogen-bond acceptors (Lipinski definition) is 5. The molecule has 6 heteroatoms. The fourth-order valence-corrected chi connectivity index (χ4v) is 3.38. The number of hydrogen-bond donors (Lipinski definition) is 1. The Balaban J connectivity index is 1.52. The molecule has 0 aromatic heterocycles.